The Hall–Kier alpha value is -0.870. The number of hydrogen-bond donors (Lipinski definition) is 1. The number of hydrogen-bond acceptors (Lipinski definition) is 3. The molecule has 0 radical (unpaired) electrons. The lowest BCUT2D eigenvalue weighted by molar-refractivity contribution is 0.190. The van der Waals surface area contributed by atoms with Crippen LogP contribution < -0.4 is 5.73 Å². The molecule has 0 aliphatic carbocycles. The number of imidazole rings is 1. The van der Waals surface area contributed by atoms with Crippen LogP contribution in [-0.2, 0) is 19.4 Å². The Morgan fingerprint density at radius 1 is 1.32 bits per heavy atom. The van der Waals surface area contributed by atoms with E-state index >= 15 is 0 Å². The molecule has 0 aromatic carbocycles. The van der Waals surface area contributed by atoms with E-state index in [1.54, 1.807) is 0 Å². The number of nitrogens with two attached hydrogens (primary N) is 1. The number of nitrogens with zero attached hydrogens (tertiary/aromatic N) is 3. The molecule has 3 heterocycles. The van der Waals surface area contributed by atoms with E-state index in [-0.39, 0.29) is 0 Å². The predicted octanol–water partition coefficient (Wildman–Crippen LogP) is 1.43. The number of aromatic nitrogens is 2. The van der Waals surface area contributed by atoms with E-state index in [0.29, 0.717) is 6.04 Å². The Balaban J connectivity index is 1.63. The number of piperidine rings is 1. The molecule has 4 heteroatoms. The van der Waals surface area contributed by atoms with E-state index in [2.05, 4.69) is 27.6 Å². The van der Waals surface area contributed by atoms with E-state index in [0.717, 1.165) is 31.7 Å². The largest absolute Gasteiger partial charge is 0.330 e. The van der Waals surface area contributed by atoms with E-state index in [1.165, 1.54) is 44.0 Å². The first-order valence-corrected chi connectivity index (χ1v) is 7.77. The maximum Gasteiger partial charge on any atom is 0.109 e. The zero-order valence-corrected chi connectivity index (χ0v) is 12.0. The van der Waals surface area contributed by atoms with Gasteiger partial charge in [-0.3, -0.25) is 0 Å². The number of likely N-dealkylation sites (tertiary alicyclic amines) is 1. The molecule has 2 aliphatic heterocycles. The Labute approximate surface area is 116 Å². The lowest BCUT2D eigenvalue weighted by Gasteiger charge is -2.31. The molecule has 0 amide bonds. The van der Waals surface area contributed by atoms with Gasteiger partial charge in [-0.1, -0.05) is 6.92 Å². The molecule has 2 N–H and O–H groups in total. The highest BCUT2D eigenvalue weighted by Crippen LogP contribution is 2.23. The molecule has 1 aromatic heterocycles. The zero-order chi connectivity index (χ0) is 13.2. The number of aryl methyl sites for hydroxylation is 1. The van der Waals surface area contributed by atoms with Gasteiger partial charge in [0.25, 0.3) is 0 Å². The van der Waals surface area contributed by atoms with Gasteiger partial charge in [-0.25, -0.2) is 4.98 Å². The summed E-state index contributed by atoms with van der Waals surface area (Å²) in [6.07, 6.45) is 8.07. The van der Waals surface area contributed by atoms with Crippen molar-refractivity contribution in [2.24, 2.45) is 11.7 Å². The van der Waals surface area contributed by atoms with Gasteiger partial charge < -0.3 is 15.2 Å². The zero-order valence-electron chi connectivity index (χ0n) is 12.0. The topological polar surface area (TPSA) is 47.1 Å². The first-order chi connectivity index (χ1) is 9.26. The maximum atomic E-state index is 6.09. The summed E-state index contributed by atoms with van der Waals surface area (Å²) in [7, 11) is 0. The summed E-state index contributed by atoms with van der Waals surface area (Å²) in [5.41, 5.74) is 7.48. The highest BCUT2D eigenvalue weighted by atomic mass is 15.1. The highest BCUT2D eigenvalue weighted by molar-refractivity contribution is 5.10. The van der Waals surface area contributed by atoms with Crippen molar-refractivity contribution in [3.63, 3.8) is 0 Å². The summed E-state index contributed by atoms with van der Waals surface area (Å²) in [6, 6.07) is 0.322. The minimum Gasteiger partial charge on any atom is -0.330 e. The average Bonchev–Trinajstić information content (AvgIpc) is 2.82. The SMILES string of the molecule is CCN1CCC(Cc2ncc3n2CC(N)CC3)CC1. The summed E-state index contributed by atoms with van der Waals surface area (Å²) < 4.78 is 2.39. The first-order valence-electron chi connectivity index (χ1n) is 7.77. The van der Waals surface area contributed by atoms with Crippen molar-refractivity contribution in [2.45, 2.75) is 51.6 Å². The van der Waals surface area contributed by atoms with Gasteiger partial charge in [-0.2, -0.15) is 0 Å². The molecule has 1 unspecified atom stereocenters. The molecule has 0 bridgehead atoms. The Kier molecular flexibility index (Phi) is 3.89. The third-order valence-electron chi connectivity index (χ3n) is 4.83. The molecule has 3 rings (SSSR count). The van der Waals surface area contributed by atoms with Gasteiger partial charge in [0, 0.05) is 30.9 Å². The van der Waals surface area contributed by atoms with Crippen LogP contribution in [0.5, 0.6) is 0 Å². The standard InChI is InChI=1S/C15H26N4/c1-2-18-7-5-12(6-8-18)9-15-17-10-14-4-3-13(16)11-19(14)15/h10,12-13H,2-9,11,16H2,1H3. The Morgan fingerprint density at radius 3 is 2.84 bits per heavy atom. The van der Waals surface area contributed by atoms with Crippen LogP contribution in [0.1, 0.15) is 37.7 Å². The van der Waals surface area contributed by atoms with Crippen molar-refractivity contribution in [1.29, 1.82) is 0 Å². The van der Waals surface area contributed by atoms with Crippen molar-refractivity contribution in [3.05, 3.63) is 17.7 Å². The summed E-state index contributed by atoms with van der Waals surface area (Å²) in [5, 5.41) is 0. The van der Waals surface area contributed by atoms with Gasteiger partial charge in [0.1, 0.15) is 5.82 Å². The van der Waals surface area contributed by atoms with Crippen LogP contribution in [0.2, 0.25) is 0 Å². The highest BCUT2D eigenvalue weighted by Gasteiger charge is 2.23. The van der Waals surface area contributed by atoms with E-state index in [4.69, 9.17) is 5.73 Å². The summed E-state index contributed by atoms with van der Waals surface area (Å²) in [4.78, 5) is 7.21. The van der Waals surface area contributed by atoms with Crippen LogP contribution in [0.3, 0.4) is 0 Å². The van der Waals surface area contributed by atoms with Crippen LogP contribution in [0, 0.1) is 5.92 Å². The van der Waals surface area contributed by atoms with Crippen molar-refractivity contribution < 1.29 is 0 Å². The summed E-state index contributed by atoms with van der Waals surface area (Å²) >= 11 is 0. The van der Waals surface area contributed by atoms with E-state index in [1.807, 2.05) is 0 Å². The molecule has 1 aromatic rings. The van der Waals surface area contributed by atoms with Crippen LogP contribution in [-0.4, -0.2) is 40.1 Å². The fraction of sp³-hybridized carbons (Fsp3) is 0.800. The summed E-state index contributed by atoms with van der Waals surface area (Å²) in [6.45, 7) is 6.94. The van der Waals surface area contributed by atoms with Gasteiger partial charge >= 0.3 is 0 Å². The maximum absolute atomic E-state index is 6.09. The predicted molar refractivity (Wildman–Crippen MR) is 77.1 cm³/mol. The minimum absolute atomic E-state index is 0.322. The second-order valence-corrected chi connectivity index (χ2v) is 6.16. The minimum atomic E-state index is 0.322. The quantitative estimate of drug-likeness (QED) is 0.896. The van der Waals surface area contributed by atoms with Crippen molar-refractivity contribution in [3.8, 4) is 0 Å². The lowest BCUT2D eigenvalue weighted by Crippen LogP contribution is -2.35. The van der Waals surface area contributed by atoms with Gasteiger partial charge in [-0.05, 0) is 51.2 Å². The fourth-order valence-corrected chi connectivity index (χ4v) is 3.46. The number of rotatable bonds is 3. The third-order valence-corrected chi connectivity index (χ3v) is 4.83. The molecule has 2 aliphatic rings. The normalized spacial score (nSPS) is 25.5. The van der Waals surface area contributed by atoms with Crippen LogP contribution >= 0.6 is 0 Å². The average molecular weight is 262 g/mol. The van der Waals surface area contributed by atoms with Gasteiger partial charge in [0.2, 0.25) is 0 Å². The van der Waals surface area contributed by atoms with Gasteiger partial charge in [-0.15, -0.1) is 0 Å². The first kappa shape index (κ1) is 13.1. The van der Waals surface area contributed by atoms with Crippen LogP contribution in [0.4, 0.5) is 0 Å². The van der Waals surface area contributed by atoms with Crippen molar-refractivity contribution in [1.82, 2.24) is 14.5 Å². The second-order valence-electron chi connectivity index (χ2n) is 6.16. The third kappa shape index (κ3) is 2.84. The summed E-state index contributed by atoms with van der Waals surface area (Å²) in [5.74, 6) is 2.09. The van der Waals surface area contributed by atoms with Gasteiger partial charge in [0.15, 0.2) is 0 Å². The monoisotopic (exact) mass is 262 g/mol. The molecule has 0 saturated carbocycles. The molecular formula is C15H26N4. The van der Waals surface area contributed by atoms with Crippen molar-refractivity contribution >= 4 is 0 Å². The molecule has 0 spiro atoms. The molecule has 1 saturated heterocycles. The fourth-order valence-electron chi connectivity index (χ4n) is 3.46. The van der Waals surface area contributed by atoms with E-state index in [9.17, 15) is 0 Å². The Morgan fingerprint density at radius 2 is 2.11 bits per heavy atom. The molecule has 106 valence electrons. The molecule has 4 nitrogen and oxygen atoms in total. The van der Waals surface area contributed by atoms with Crippen LogP contribution in [0.25, 0.3) is 0 Å². The molecule has 1 atom stereocenters. The Bertz CT molecular complexity index is 418. The van der Waals surface area contributed by atoms with Gasteiger partial charge in [0.05, 0.1) is 0 Å². The van der Waals surface area contributed by atoms with E-state index < -0.39 is 0 Å². The molecular weight excluding hydrogens is 236 g/mol. The second kappa shape index (κ2) is 5.63. The lowest BCUT2D eigenvalue weighted by atomic mass is 9.93. The van der Waals surface area contributed by atoms with Crippen molar-refractivity contribution in [2.75, 3.05) is 19.6 Å². The number of fused-ring (bicyclic) bond motifs is 1. The molecule has 19 heavy (non-hydrogen) atoms. The van der Waals surface area contributed by atoms with Crippen LogP contribution in [0.15, 0.2) is 6.20 Å². The molecule has 1 fully saturated rings. The smallest absolute Gasteiger partial charge is 0.109 e.